The number of hydrogen-bond acceptors (Lipinski definition) is 2. The highest BCUT2D eigenvalue weighted by Gasteiger charge is 2.31. The van der Waals surface area contributed by atoms with Crippen molar-refractivity contribution < 1.29 is 4.79 Å². The van der Waals surface area contributed by atoms with Crippen molar-refractivity contribution in [1.29, 1.82) is 0 Å². The van der Waals surface area contributed by atoms with Crippen molar-refractivity contribution >= 4 is 5.91 Å². The Morgan fingerprint density at radius 3 is 2.75 bits per heavy atom. The van der Waals surface area contributed by atoms with Crippen LogP contribution in [-0.4, -0.2) is 25.0 Å². The van der Waals surface area contributed by atoms with Crippen LogP contribution in [0.5, 0.6) is 0 Å². The van der Waals surface area contributed by atoms with E-state index < -0.39 is 0 Å². The van der Waals surface area contributed by atoms with Gasteiger partial charge in [0, 0.05) is 25.6 Å². The summed E-state index contributed by atoms with van der Waals surface area (Å²) in [6.45, 7) is 8.15. The number of carbonyl (C=O) groups is 1. The molecule has 0 aromatic rings. The Labute approximate surface area is 99.4 Å². The van der Waals surface area contributed by atoms with Crippen LogP contribution >= 0.6 is 0 Å². The quantitative estimate of drug-likeness (QED) is 0.753. The first-order chi connectivity index (χ1) is 7.56. The molecule has 3 heteroatoms. The van der Waals surface area contributed by atoms with E-state index in [2.05, 4.69) is 24.5 Å². The second-order valence-electron chi connectivity index (χ2n) is 5.44. The van der Waals surface area contributed by atoms with Gasteiger partial charge in [0.25, 0.3) is 0 Å². The largest absolute Gasteiger partial charge is 0.356 e. The molecule has 1 unspecified atom stereocenters. The summed E-state index contributed by atoms with van der Waals surface area (Å²) in [6.07, 6.45) is 5.82. The van der Waals surface area contributed by atoms with Gasteiger partial charge in [-0.2, -0.15) is 0 Å². The number of hydrogen-bond donors (Lipinski definition) is 2. The summed E-state index contributed by atoms with van der Waals surface area (Å²) in [5.74, 6) is 0.156. The van der Waals surface area contributed by atoms with Crippen LogP contribution < -0.4 is 10.6 Å². The van der Waals surface area contributed by atoms with Gasteiger partial charge in [-0.25, -0.2) is 0 Å². The van der Waals surface area contributed by atoms with Crippen molar-refractivity contribution in [3.8, 4) is 0 Å². The van der Waals surface area contributed by atoms with Crippen LogP contribution in [0.15, 0.2) is 0 Å². The Morgan fingerprint density at radius 1 is 1.38 bits per heavy atom. The van der Waals surface area contributed by atoms with E-state index in [4.69, 9.17) is 0 Å². The molecule has 1 rings (SSSR count). The Hall–Kier alpha value is -0.570. The van der Waals surface area contributed by atoms with Gasteiger partial charge in [-0.1, -0.05) is 26.7 Å². The average molecular weight is 226 g/mol. The lowest BCUT2D eigenvalue weighted by Gasteiger charge is -2.39. The van der Waals surface area contributed by atoms with Crippen molar-refractivity contribution in [2.75, 3.05) is 13.1 Å². The molecule has 1 aliphatic rings. The summed E-state index contributed by atoms with van der Waals surface area (Å²) in [5, 5.41) is 6.37. The molecule has 1 saturated carbocycles. The van der Waals surface area contributed by atoms with Gasteiger partial charge in [0.05, 0.1) is 0 Å². The van der Waals surface area contributed by atoms with Gasteiger partial charge in [-0.3, -0.25) is 4.79 Å². The Kier molecular flexibility index (Phi) is 5.26. The van der Waals surface area contributed by atoms with E-state index in [9.17, 15) is 4.79 Å². The lowest BCUT2D eigenvalue weighted by atomic mass is 9.73. The molecule has 0 aromatic carbocycles. The molecular weight excluding hydrogens is 200 g/mol. The Bertz CT molecular complexity index is 226. The number of nitrogens with one attached hydrogen (secondary N) is 2. The standard InChI is InChI=1S/C13H26N2O/c1-4-14-12(16)8-10-15-11-7-5-6-9-13(11,2)3/h11,15H,4-10H2,1-3H3,(H,14,16). The third-order valence-electron chi connectivity index (χ3n) is 3.62. The molecule has 1 aliphatic carbocycles. The van der Waals surface area contributed by atoms with E-state index >= 15 is 0 Å². The van der Waals surface area contributed by atoms with Crippen molar-refractivity contribution in [1.82, 2.24) is 10.6 Å². The van der Waals surface area contributed by atoms with E-state index in [1.807, 2.05) is 6.92 Å². The maximum Gasteiger partial charge on any atom is 0.221 e. The van der Waals surface area contributed by atoms with Crippen molar-refractivity contribution in [3.05, 3.63) is 0 Å². The number of rotatable bonds is 5. The maximum absolute atomic E-state index is 11.3. The highest BCUT2D eigenvalue weighted by Crippen LogP contribution is 2.35. The third-order valence-corrected chi connectivity index (χ3v) is 3.62. The second kappa shape index (κ2) is 6.24. The molecule has 1 atom stereocenters. The Balaban J connectivity index is 2.23. The minimum absolute atomic E-state index is 0.156. The average Bonchev–Trinajstić information content (AvgIpc) is 2.21. The molecule has 94 valence electrons. The number of amides is 1. The van der Waals surface area contributed by atoms with Gasteiger partial charge < -0.3 is 10.6 Å². The van der Waals surface area contributed by atoms with Crippen LogP contribution in [0.25, 0.3) is 0 Å². The van der Waals surface area contributed by atoms with Crippen LogP contribution in [0.4, 0.5) is 0 Å². The lowest BCUT2D eigenvalue weighted by Crippen LogP contribution is -2.45. The predicted molar refractivity (Wildman–Crippen MR) is 67.3 cm³/mol. The first-order valence-corrected chi connectivity index (χ1v) is 6.56. The zero-order chi connectivity index (χ0) is 12.0. The zero-order valence-electron chi connectivity index (χ0n) is 10.9. The molecule has 3 nitrogen and oxygen atoms in total. The fourth-order valence-electron chi connectivity index (χ4n) is 2.52. The van der Waals surface area contributed by atoms with Gasteiger partial charge in [-0.05, 0) is 25.2 Å². The molecule has 2 N–H and O–H groups in total. The molecule has 0 spiro atoms. The highest BCUT2D eigenvalue weighted by atomic mass is 16.1. The van der Waals surface area contributed by atoms with Gasteiger partial charge in [0.15, 0.2) is 0 Å². The normalized spacial score (nSPS) is 24.1. The van der Waals surface area contributed by atoms with Crippen molar-refractivity contribution in [2.24, 2.45) is 5.41 Å². The summed E-state index contributed by atoms with van der Waals surface area (Å²) in [5.41, 5.74) is 0.388. The zero-order valence-corrected chi connectivity index (χ0v) is 10.9. The first-order valence-electron chi connectivity index (χ1n) is 6.56. The van der Waals surface area contributed by atoms with E-state index in [1.54, 1.807) is 0 Å². The van der Waals surface area contributed by atoms with E-state index in [0.29, 0.717) is 17.9 Å². The molecular formula is C13H26N2O. The van der Waals surface area contributed by atoms with Crippen LogP contribution in [0.1, 0.15) is 52.9 Å². The fraction of sp³-hybridized carbons (Fsp3) is 0.923. The van der Waals surface area contributed by atoms with E-state index in [-0.39, 0.29) is 5.91 Å². The summed E-state index contributed by atoms with van der Waals surface area (Å²) in [6, 6.07) is 0.579. The molecule has 1 fully saturated rings. The Morgan fingerprint density at radius 2 is 2.12 bits per heavy atom. The smallest absolute Gasteiger partial charge is 0.221 e. The monoisotopic (exact) mass is 226 g/mol. The summed E-state index contributed by atoms with van der Waals surface area (Å²) in [7, 11) is 0. The van der Waals surface area contributed by atoms with Gasteiger partial charge in [-0.15, -0.1) is 0 Å². The first kappa shape index (κ1) is 13.5. The van der Waals surface area contributed by atoms with Crippen molar-refractivity contribution in [2.45, 2.75) is 58.9 Å². The number of carbonyl (C=O) groups excluding carboxylic acids is 1. The fourth-order valence-corrected chi connectivity index (χ4v) is 2.52. The van der Waals surface area contributed by atoms with Crippen molar-refractivity contribution in [3.63, 3.8) is 0 Å². The SMILES string of the molecule is CCNC(=O)CCNC1CCCCC1(C)C. The molecule has 0 heterocycles. The van der Waals surface area contributed by atoms with Gasteiger partial charge in [0.2, 0.25) is 5.91 Å². The minimum atomic E-state index is 0.156. The molecule has 0 radical (unpaired) electrons. The molecule has 16 heavy (non-hydrogen) atoms. The van der Waals surface area contributed by atoms with Gasteiger partial charge in [0.1, 0.15) is 0 Å². The van der Waals surface area contributed by atoms with E-state index in [1.165, 1.54) is 25.7 Å². The second-order valence-corrected chi connectivity index (χ2v) is 5.44. The van der Waals surface area contributed by atoms with Crippen LogP contribution in [0.2, 0.25) is 0 Å². The summed E-state index contributed by atoms with van der Waals surface area (Å²) >= 11 is 0. The minimum Gasteiger partial charge on any atom is -0.356 e. The van der Waals surface area contributed by atoms with E-state index in [0.717, 1.165) is 13.1 Å². The molecule has 0 bridgehead atoms. The molecule has 0 aromatic heterocycles. The maximum atomic E-state index is 11.3. The predicted octanol–water partition coefficient (Wildman–Crippen LogP) is 2.07. The van der Waals surface area contributed by atoms with Crippen LogP contribution in [0, 0.1) is 5.41 Å². The lowest BCUT2D eigenvalue weighted by molar-refractivity contribution is -0.120. The molecule has 1 amide bonds. The topological polar surface area (TPSA) is 41.1 Å². The summed E-state index contributed by atoms with van der Waals surface area (Å²) < 4.78 is 0. The molecule has 0 aliphatic heterocycles. The summed E-state index contributed by atoms with van der Waals surface area (Å²) in [4.78, 5) is 11.3. The van der Waals surface area contributed by atoms with Crippen LogP contribution in [-0.2, 0) is 4.79 Å². The van der Waals surface area contributed by atoms with Gasteiger partial charge >= 0.3 is 0 Å². The third kappa shape index (κ3) is 4.12. The van der Waals surface area contributed by atoms with Crippen LogP contribution in [0.3, 0.4) is 0 Å². The molecule has 0 saturated heterocycles. The highest BCUT2D eigenvalue weighted by molar-refractivity contribution is 5.75.